The molecule has 7 nitrogen and oxygen atoms in total. The molecule has 0 amide bonds. The molecular weight excluding hydrogens is 248 g/mol. The number of nitrogen functional groups attached to an aromatic ring is 1. The van der Waals surface area contributed by atoms with Crippen LogP contribution in [0.5, 0.6) is 5.88 Å². The molecule has 0 saturated carbocycles. The van der Waals surface area contributed by atoms with E-state index in [0.717, 1.165) is 6.42 Å². The fourth-order valence-corrected chi connectivity index (χ4v) is 1.70. The number of hydrogen-bond acceptors (Lipinski definition) is 7. The van der Waals surface area contributed by atoms with Gasteiger partial charge in [-0.3, -0.25) is 0 Å². The van der Waals surface area contributed by atoms with Gasteiger partial charge in [0.1, 0.15) is 12.0 Å². The van der Waals surface area contributed by atoms with E-state index in [1.165, 1.54) is 6.33 Å². The summed E-state index contributed by atoms with van der Waals surface area (Å²) in [5, 5.41) is 3.14. The Kier molecular flexibility index (Phi) is 5.17. The van der Waals surface area contributed by atoms with Gasteiger partial charge in [0.25, 0.3) is 0 Å². The Hall–Kier alpha value is -1.60. The number of nitrogens with zero attached hydrogens (tertiary/aromatic N) is 2. The first-order chi connectivity index (χ1) is 9.31. The molecule has 2 rings (SSSR count). The maximum atomic E-state index is 5.96. The summed E-state index contributed by atoms with van der Waals surface area (Å²) in [6, 6.07) is 0. The largest absolute Gasteiger partial charge is 0.476 e. The molecule has 106 valence electrons. The number of nitrogens with two attached hydrogens (primary N) is 1. The third-order valence-electron chi connectivity index (χ3n) is 2.67. The van der Waals surface area contributed by atoms with Crippen molar-refractivity contribution in [1.29, 1.82) is 0 Å². The zero-order chi connectivity index (χ0) is 13.5. The van der Waals surface area contributed by atoms with Gasteiger partial charge in [-0.15, -0.1) is 0 Å². The van der Waals surface area contributed by atoms with E-state index in [2.05, 4.69) is 15.3 Å². The highest BCUT2D eigenvalue weighted by Gasteiger charge is 2.15. The van der Waals surface area contributed by atoms with E-state index < -0.39 is 0 Å². The highest BCUT2D eigenvalue weighted by atomic mass is 16.6. The monoisotopic (exact) mass is 268 g/mol. The summed E-state index contributed by atoms with van der Waals surface area (Å²) in [6.07, 6.45) is 2.35. The van der Waals surface area contributed by atoms with E-state index in [1.807, 2.05) is 6.92 Å². The SMILES string of the molecule is CCCOc1ncnc(NCC2COCCO2)c1N. The lowest BCUT2D eigenvalue weighted by Crippen LogP contribution is -2.34. The van der Waals surface area contributed by atoms with E-state index in [0.29, 0.717) is 50.4 Å². The molecule has 1 saturated heterocycles. The van der Waals surface area contributed by atoms with Crippen molar-refractivity contribution in [3.63, 3.8) is 0 Å². The average molecular weight is 268 g/mol. The van der Waals surface area contributed by atoms with Gasteiger partial charge in [0.05, 0.1) is 32.5 Å². The predicted molar refractivity (Wildman–Crippen MR) is 71.3 cm³/mol. The maximum absolute atomic E-state index is 5.96. The standard InChI is InChI=1S/C12H20N4O3/c1-2-3-19-12-10(13)11(15-8-16-12)14-6-9-7-17-4-5-18-9/h8-9H,2-7,13H2,1H3,(H,14,15,16). The first kappa shape index (κ1) is 13.8. The third kappa shape index (κ3) is 3.93. The van der Waals surface area contributed by atoms with Gasteiger partial charge in [-0.05, 0) is 6.42 Å². The molecule has 1 aliphatic heterocycles. The fraction of sp³-hybridized carbons (Fsp3) is 0.667. The Labute approximate surface area is 112 Å². The Morgan fingerprint density at radius 1 is 1.47 bits per heavy atom. The summed E-state index contributed by atoms with van der Waals surface area (Å²) in [4.78, 5) is 8.12. The van der Waals surface area contributed by atoms with Crippen LogP contribution in [-0.4, -0.2) is 49.0 Å². The summed E-state index contributed by atoms with van der Waals surface area (Å²) >= 11 is 0. The lowest BCUT2D eigenvalue weighted by atomic mass is 10.3. The quantitative estimate of drug-likeness (QED) is 0.783. The molecule has 1 fully saturated rings. The number of hydrogen-bond donors (Lipinski definition) is 2. The summed E-state index contributed by atoms with van der Waals surface area (Å²) in [7, 11) is 0. The van der Waals surface area contributed by atoms with Crippen molar-refractivity contribution in [3.05, 3.63) is 6.33 Å². The highest BCUT2D eigenvalue weighted by Crippen LogP contribution is 2.24. The van der Waals surface area contributed by atoms with Crippen LogP contribution >= 0.6 is 0 Å². The zero-order valence-corrected chi connectivity index (χ0v) is 11.1. The molecule has 1 aromatic rings. The second-order valence-electron chi connectivity index (χ2n) is 4.24. The Morgan fingerprint density at radius 3 is 3.11 bits per heavy atom. The molecule has 0 spiro atoms. The van der Waals surface area contributed by atoms with Crippen molar-refractivity contribution >= 4 is 11.5 Å². The highest BCUT2D eigenvalue weighted by molar-refractivity contribution is 5.66. The molecule has 1 aromatic heterocycles. The minimum absolute atomic E-state index is 0.0168. The molecule has 1 unspecified atom stereocenters. The summed E-state index contributed by atoms with van der Waals surface area (Å²) in [5.41, 5.74) is 6.38. The molecule has 0 aliphatic carbocycles. The predicted octanol–water partition coefficient (Wildman–Crippen LogP) is 0.675. The molecule has 1 atom stereocenters. The first-order valence-electron chi connectivity index (χ1n) is 6.47. The Bertz CT molecular complexity index is 397. The molecular formula is C12H20N4O3. The lowest BCUT2D eigenvalue weighted by molar-refractivity contribution is -0.0819. The normalized spacial score (nSPS) is 19.1. The Balaban J connectivity index is 1.91. The maximum Gasteiger partial charge on any atom is 0.242 e. The minimum Gasteiger partial charge on any atom is -0.476 e. The first-order valence-corrected chi connectivity index (χ1v) is 6.47. The van der Waals surface area contributed by atoms with Crippen LogP contribution in [0.1, 0.15) is 13.3 Å². The number of aromatic nitrogens is 2. The van der Waals surface area contributed by atoms with Crippen LogP contribution in [0.3, 0.4) is 0 Å². The van der Waals surface area contributed by atoms with Crippen LogP contribution in [0.2, 0.25) is 0 Å². The van der Waals surface area contributed by atoms with Crippen LogP contribution in [0.15, 0.2) is 6.33 Å². The molecule has 1 aliphatic rings. The van der Waals surface area contributed by atoms with Crippen molar-refractivity contribution in [2.24, 2.45) is 0 Å². The number of rotatable bonds is 6. The third-order valence-corrected chi connectivity index (χ3v) is 2.67. The van der Waals surface area contributed by atoms with E-state index >= 15 is 0 Å². The van der Waals surface area contributed by atoms with E-state index in [9.17, 15) is 0 Å². The van der Waals surface area contributed by atoms with E-state index in [-0.39, 0.29) is 6.10 Å². The van der Waals surface area contributed by atoms with Crippen LogP contribution < -0.4 is 15.8 Å². The van der Waals surface area contributed by atoms with Gasteiger partial charge in [-0.2, -0.15) is 4.98 Å². The smallest absolute Gasteiger partial charge is 0.242 e. The van der Waals surface area contributed by atoms with Gasteiger partial charge in [-0.1, -0.05) is 6.92 Å². The second kappa shape index (κ2) is 7.10. The summed E-state index contributed by atoms with van der Waals surface area (Å²) in [5.74, 6) is 0.982. The van der Waals surface area contributed by atoms with Gasteiger partial charge in [0, 0.05) is 6.54 Å². The molecule has 0 bridgehead atoms. The molecule has 0 radical (unpaired) electrons. The van der Waals surface area contributed by atoms with Gasteiger partial charge in [-0.25, -0.2) is 4.98 Å². The molecule has 19 heavy (non-hydrogen) atoms. The topological polar surface area (TPSA) is 91.5 Å². The fourth-order valence-electron chi connectivity index (χ4n) is 1.70. The van der Waals surface area contributed by atoms with Crippen molar-refractivity contribution < 1.29 is 14.2 Å². The van der Waals surface area contributed by atoms with Crippen LogP contribution in [0, 0.1) is 0 Å². The zero-order valence-electron chi connectivity index (χ0n) is 11.1. The Morgan fingerprint density at radius 2 is 2.37 bits per heavy atom. The molecule has 3 N–H and O–H groups in total. The van der Waals surface area contributed by atoms with Crippen molar-refractivity contribution in [2.75, 3.05) is 44.0 Å². The van der Waals surface area contributed by atoms with Crippen molar-refractivity contribution in [2.45, 2.75) is 19.4 Å². The molecule has 2 heterocycles. The van der Waals surface area contributed by atoms with Gasteiger partial charge in [0.2, 0.25) is 5.88 Å². The number of ether oxygens (including phenoxy) is 3. The van der Waals surface area contributed by atoms with Gasteiger partial charge >= 0.3 is 0 Å². The van der Waals surface area contributed by atoms with Gasteiger partial charge in [0.15, 0.2) is 5.82 Å². The average Bonchev–Trinajstić information content (AvgIpc) is 2.46. The van der Waals surface area contributed by atoms with E-state index in [4.69, 9.17) is 19.9 Å². The number of nitrogens with one attached hydrogen (secondary N) is 1. The van der Waals surface area contributed by atoms with Crippen molar-refractivity contribution in [3.8, 4) is 5.88 Å². The molecule has 0 aromatic carbocycles. The second-order valence-corrected chi connectivity index (χ2v) is 4.24. The van der Waals surface area contributed by atoms with Crippen molar-refractivity contribution in [1.82, 2.24) is 9.97 Å². The molecule has 7 heteroatoms. The minimum atomic E-state index is 0.0168. The lowest BCUT2D eigenvalue weighted by Gasteiger charge is -2.23. The van der Waals surface area contributed by atoms with E-state index in [1.54, 1.807) is 0 Å². The number of anilines is 2. The van der Waals surface area contributed by atoms with Gasteiger partial charge < -0.3 is 25.3 Å². The van der Waals surface area contributed by atoms with Crippen LogP contribution in [0.25, 0.3) is 0 Å². The van der Waals surface area contributed by atoms with Crippen LogP contribution in [-0.2, 0) is 9.47 Å². The summed E-state index contributed by atoms with van der Waals surface area (Å²) in [6.45, 7) is 5.06. The van der Waals surface area contributed by atoms with Crippen LogP contribution in [0.4, 0.5) is 11.5 Å². The summed E-state index contributed by atoms with van der Waals surface area (Å²) < 4.78 is 16.3.